The Labute approximate surface area is 324 Å². The number of carbonyl (C=O) groups is 2. The zero-order valence-corrected chi connectivity index (χ0v) is 35.8. The molecule has 0 saturated carbocycles. The standard InChI is InChI=1S/C46H91NO5/c1-6-9-12-15-18-22-27-34-44(49)51-42-31-24-19-23-29-38-47(40-41-48)39-30-28-36-46(4,5)37-35-45(50)52-43(32-25-20-16-13-10-7-2)33-26-21-17-14-11-8-3/h43,48H,6-42H2,1-5H3. The van der Waals surface area contributed by atoms with Crippen LogP contribution in [0.1, 0.15) is 240 Å². The largest absolute Gasteiger partial charge is 0.466 e. The molecule has 6 nitrogen and oxygen atoms in total. The van der Waals surface area contributed by atoms with Crippen molar-refractivity contribution >= 4 is 11.9 Å². The lowest BCUT2D eigenvalue weighted by Crippen LogP contribution is -2.29. The first-order chi connectivity index (χ1) is 25.3. The Bertz CT molecular complexity index is 756. The van der Waals surface area contributed by atoms with E-state index in [4.69, 9.17) is 9.47 Å². The highest BCUT2D eigenvalue weighted by Crippen LogP contribution is 2.30. The second-order valence-electron chi connectivity index (χ2n) is 16.8. The number of unbranched alkanes of at least 4 members (excludes halogenated alkanes) is 21. The lowest BCUT2D eigenvalue weighted by atomic mass is 9.82. The summed E-state index contributed by atoms with van der Waals surface area (Å²) in [5, 5.41) is 9.62. The molecule has 0 aliphatic rings. The number of esters is 2. The summed E-state index contributed by atoms with van der Waals surface area (Å²) in [5.74, 6) is -0.0237. The van der Waals surface area contributed by atoms with E-state index in [9.17, 15) is 14.7 Å². The third-order valence-electron chi connectivity index (χ3n) is 10.9. The molecule has 0 aliphatic carbocycles. The molecule has 1 N–H and O–H groups in total. The number of rotatable bonds is 41. The molecule has 0 bridgehead atoms. The van der Waals surface area contributed by atoms with Gasteiger partial charge in [-0.25, -0.2) is 0 Å². The van der Waals surface area contributed by atoms with E-state index < -0.39 is 0 Å². The van der Waals surface area contributed by atoms with Crippen LogP contribution in [0.5, 0.6) is 0 Å². The number of aliphatic hydroxyl groups excluding tert-OH is 1. The maximum atomic E-state index is 13.0. The van der Waals surface area contributed by atoms with Gasteiger partial charge in [-0.3, -0.25) is 9.59 Å². The van der Waals surface area contributed by atoms with Crippen molar-refractivity contribution in [1.82, 2.24) is 4.90 Å². The zero-order valence-electron chi connectivity index (χ0n) is 35.8. The van der Waals surface area contributed by atoms with Crippen LogP contribution >= 0.6 is 0 Å². The van der Waals surface area contributed by atoms with Crippen LogP contribution in [0.4, 0.5) is 0 Å². The molecule has 0 amide bonds. The topological polar surface area (TPSA) is 76.1 Å². The van der Waals surface area contributed by atoms with E-state index in [1.54, 1.807) is 0 Å². The Balaban J connectivity index is 4.18. The van der Waals surface area contributed by atoms with Crippen LogP contribution < -0.4 is 0 Å². The predicted molar refractivity (Wildman–Crippen MR) is 223 cm³/mol. The van der Waals surface area contributed by atoms with E-state index in [1.807, 2.05) is 0 Å². The average molecular weight is 738 g/mol. The normalized spacial score (nSPS) is 11.9. The van der Waals surface area contributed by atoms with E-state index in [-0.39, 0.29) is 30.1 Å². The van der Waals surface area contributed by atoms with Crippen molar-refractivity contribution in [2.45, 2.75) is 246 Å². The lowest BCUT2D eigenvalue weighted by Gasteiger charge is -2.26. The average Bonchev–Trinajstić information content (AvgIpc) is 3.12. The van der Waals surface area contributed by atoms with Gasteiger partial charge in [0.25, 0.3) is 0 Å². The Morgan fingerprint density at radius 2 is 0.981 bits per heavy atom. The molecule has 0 aromatic carbocycles. The molecule has 0 aromatic heterocycles. The van der Waals surface area contributed by atoms with Crippen LogP contribution in [0, 0.1) is 5.41 Å². The van der Waals surface area contributed by atoms with Crippen molar-refractivity contribution < 1.29 is 24.2 Å². The van der Waals surface area contributed by atoms with E-state index in [0.29, 0.717) is 19.4 Å². The molecular weight excluding hydrogens is 647 g/mol. The summed E-state index contributed by atoms with van der Waals surface area (Å²) in [6.07, 6.45) is 36.9. The Kier molecular flexibility index (Phi) is 37.3. The molecule has 0 atom stereocenters. The fourth-order valence-electron chi connectivity index (χ4n) is 7.25. The van der Waals surface area contributed by atoms with Gasteiger partial charge in [-0.05, 0) is 82.7 Å². The van der Waals surface area contributed by atoms with Crippen LogP contribution in [0.3, 0.4) is 0 Å². The number of aliphatic hydroxyl groups is 1. The van der Waals surface area contributed by atoms with Crippen molar-refractivity contribution in [3.8, 4) is 0 Å². The van der Waals surface area contributed by atoms with E-state index in [2.05, 4.69) is 39.5 Å². The highest BCUT2D eigenvalue weighted by Gasteiger charge is 2.21. The predicted octanol–water partition coefficient (Wildman–Crippen LogP) is 13.3. The molecule has 0 heterocycles. The summed E-state index contributed by atoms with van der Waals surface area (Å²) in [5.41, 5.74) is 0.122. The van der Waals surface area contributed by atoms with Gasteiger partial charge in [0.1, 0.15) is 6.10 Å². The van der Waals surface area contributed by atoms with Gasteiger partial charge in [0.15, 0.2) is 0 Å². The number of carbonyl (C=O) groups excluding carboxylic acids is 2. The van der Waals surface area contributed by atoms with Crippen LogP contribution in [0.15, 0.2) is 0 Å². The van der Waals surface area contributed by atoms with E-state index in [0.717, 1.165) is 96.7 Å². The van der Waals surface area contributed by atoms with Crippen LogP contribution in [0.2, 0.25) is 0 Å². The Morgan fingerprint density at radius 1 is 0.519 bits per heavy atom. The number of hydrogen-bond acceptors (Lipinski definition) is 6. The molecule has 0 aliphatic heterocycles. The van der Waals surface area contributed by atoms with Gasteiger partial charge in [-0.15, -0.1) is 0 Å². The van der Waals surface area contributed by atoms with Gasteiger partial charge in [0, 0.05) is 19.4 Å². The first-order valence-electron chi connectivity index (χ1n) is 23.0. The molecule has 0 aromatic rings. The summed E-state index contributed by atoms with van der Waals surface area (Å²) in [6, 6.07) is 0. The maximum Gasteiger partial charge on any atom is 0.306 e. The second-order valence-corrected chi connectivity index (χ2v) is 16.8. The fourth-order valence-corrected chi connectivity index (χ4v) is 7.25. The third-order valence-corrected chi connectivity index (χ3v) is 10.9. The van der Waals surface area contributed by atoms with Gasteiger partial charge in [0.2, 0.25) is 0 Å². The summed E-state index contributed by atoms with van der Waals surface area (Å²) in [7, 11) is 0. The lowest BCUT2D eigenvalue weighted by molar-refractivity contribution is -0.150. The molecule has 0 unspecified atom stereocenters. The van der Waals surface area contributed by atoms with Gasteiger partial charge in [0.05, 0.1) is 13.2 Å². The summed E-state index contributed by atoms with van der Waals surface area (Å²) in [4.78, 5) is 27.3. The molecule has 0 spiro atoms. The minimum atomic E-state index is -0.0274. The quantitative estimate of drug-likeness (QED) is 0.0497. The number of hydrogen-bond donors (Lipinski definition) is 1. The van der Waals surface area contributed by atoms with Crippen molar-refractivity contribution in [1.29, 1.82) is 0 Å². The minimum Gasteiger partial charge on any atom is -0.466 e. The summed E-state index contributed by atoms with van der Waals surface area (Å²) < 4.78 is 11.5. The van der Waals surface area contributed by atoms with Gasteiger partial charge in [-0.1, -0.05) is 163 Å². The molecule has 52 heavy (non-hydrogen) atoms. The molecule has 6 heteroatoms. The van der Waals surface area contributed by atoms with Gasteiger partial charge >= 0.3 is 11.9 Å². The Hall–Kier alpha value is -1.14. The van der Waals surface area contributed by atoms with Crippen LogP contribution in [-0.4, -0.2) is 60.9 Å². The van der Waals surface area contributed by atoms with E-state index >= 15 is 0 Å². The Morgan fingerprint density at radius 3 is 1.52 bits per heavy atom. The smallest absolute Gasteiger partial charge is 0.306 e. The second kappa shape index (κ2) is 38.1. The number of ether oxygens (including phenoxy) is 2. The first kappa shape index (κ1) is 50.9. The summed E-state index contributed by atoms with van der Waals surface area (Å²) in [6.45, 7) is 14.9. The first-order valence-corrected chi connectivity index (χ1v) is 23.0. The molecule has 0 saturated heterocycles. The van der Waals surface area contributed by atoms with Crippen LogP contribution in [0.25, 0.3) is 0 Å². The molecule has 0 fully saturated rings. The maximum absolute atomic E-state index is 13.0. The SMILES string of the molecule is CCCCCCCCCC(=O)OCCCCCCCN(CCO)CCCCC(C)(C)CCC(=O)OC(CCCCCCCC)CCCCCCCC. The highest BCUT2D eigenvalue weighted by molar-refractivity contribution is 5.69. The van der Waals surface area contributed by atoms with Gasteiger partial charge in [-0.2, -0.15) is 0 Å². The summed E-state index contributed by atoms with van der Waals surface area (Å²) >= 11 is 0. The van der Waals surface area contributed by atoms with Gasteiger partial charge < -0.3 is 19.5 Å². The molecule has 0 radical (unpaired) electrons. The molecular formula is C46H91NO5. The van der Waals surface area contributed by atoms with E-state index in [1.165, 1.54) is 116 Å². The third kappa shape index (κ3) is 35.9. The van der Waals surface area contributed by atoms with Crippen molar-refractivity contribution in [3.63, 3.8) is 0 Å². The minimum absolute atomic E-state index is 0.00368. The van der Waals surface area contributed by atoms with Crippen LogP contribution in [-0.2, 0) is 19.1 Å². The fraction of sp³-hybridized carbons (Fsp3) is 0.957. The number of nitrogens with zero attached hydrogens (tertiary/aromatic N) is 1. The molecule has 0 rings (SSSR count). The zero-order chi connectivity index (χ0) is 38.4. The van der Waals surface area contributed by atoms with Crippen molar-refractivity contribution in [2.75, 3.05) is 32.8 Å². The highest BCUT2D eigenvalue weighted by atomic mass is 16.5. The van der Waals surface area contributed by atoms with Crippen molar-refractivity contribution in [2.24, 2.45) is 5.41 Å². The monoisotopic (exact) mass is 738 g/mol. The molecule has 310 valence electrons. The van der Waals surface area contributed by atoms with Crippen molar-refractivity contribution in [3.05, 3.63) is 0 Å².